The summed E-state index contributed by atoms with van der Waals surface area (Å²) in [5, 5.41) is 5.55. The largest absolute Gasteiger partial charge is 0.497 e. The second-order valence-electron chi connectivity index (χ2n) is 5.97. The molecule has 2 aromatic carbocycles. The number of ether oxygens (including phenoxy) is 1. The molecular weight excluding hydrogens is 318 g/mol. The van der Waals surface area contributed by atoms with Crippen LogP contribution in [-0.2, 0) is 16.1 Å². The van der Waals surface area contributed by atoms with E-state index < -0.39 is 0 Å². The Morgan fingerprint density at radius 1 is 0.960 bits per heavy atom. The number of nitrogens with one attached hydrogen (secondary N) is 3. The number of hydrogen-bond donors (Lipinski definition) is 3. The lowest BCUT2D eigenvalue weighted by Crippen LogP contribution is -3.08. The van der Waals surface area contributed by atoms with E-state index in [2.05, 4.69) is 10.6 Å². The Morgan fingerprint density at radius 2 is 1.52 bits per heavy atom. The molecule has 0 fully saturated rings. The Hall–Kier alpha value is -2.86. The van der Waals surface area contributed by atoms with Crippen LogP contribution < -0.4 is 20.3 Å². The molecule has 0 heterocycles. The summed E-state index contributed by atoms with van der Waals surface area (Å²) in [5.41, 5.74) is 2.55. The number of carbonyl (C=O) groups is 2. The number of amides is 2. The van der Waals surface area contributed by atoms with Crippen LogP contribution in [0.3, 0.4) is 0 Å². The Balaban J connectivity index is 1.83. The van der Waals surface area contributed by atoms with Crippen LogP contribution in [0.5, 0.6) is 5.75 Å². The molecule has 1 atom stereocenters. The first kappa shape index (κ1) is 18.5. The summed E-state index contributed by atoms with van der Waals surface area (Å²) in [4.78, 5) is 24.2. The van der Waals surface area contributed by atoms with Gasteiger partial charge in [-0.15, -0.1) is 0 Å². The van der Waals surface area contributed by atoms with E-state index in [1.165, 1.54) is 6.92 Å². The highest BCUT2D eigenvalue weighted by Gasteiger charge is 2.11. The van der Waals surface area contributed by atoms with Crippen molar-refractivity contribution in [2.75, 3.05) is 31.3 Å². The summed E-state index contributed by atoms with van der Waals surface area (Å²) in [5.74, 6) is 0.640. The van der Waals surface area contributed by atoms with Crippen LogP contribution in [0.15, 0.2) is 48.5 Å². The van der Waals surface area contributed by atoms with Crippen molar-refractivity contribution in [2.24, 2.45) is 0 Å². The third-order valence-electron chi connectivity index (χ3n) is 3.62. The van der Waals surface area contributed by atoms with Crippen LogP contribution in [0.4, 0.5) is 11.4 Å². The molecule has 0 aliphatic heterocycles. The van der Waals surface area contributed by atoms with Gasteiger partial charge in [-0.3, -0.25) is 9.59 Å². The first-order valence-electron chi connectivity index (χ1n) is 8.08. The minimum absolute atomic E-state index is 0.0571. The smallest absolute Gasteiger partial charge is 0.279 e. The maximum atomic E-state index is 12.2. The standard InChI is InChI=1S/C19H23N3O3/c1-14(23)20-16-6-8-17(9-7-16)21-19(24)13-22(2)12-15-4-10-18(25-3)11-5-15/h4-11H,12-13H2,1-3H3,(H,20,23)(H,21,24)/p+1. The van der Waals surface area contributed by atoms with Gasteiger partial charge in [0.25, 0.3) is 5.91 Å². The minimum atomic E-state index is -0.124. The predicted octanol–water partition coefficient (Wildman–Crippen LogP) is 1.31. The summed E-state index contributed by atoms with van der Waals surface area (Å²) < 4.78 is 5.14. The first-order valence-corrected chi connectivity index (χ1v) is 8.08. The van der Waals surface area contributed by atoms with Crippen LogP contribution in [0.1, 0.15) is 12.5 Å². The van der Waals surface area contributed by atoms with Gasteiger partial charge in [0.2, 0.25) is 5.91 Å². The second-order valence-corrected chi connectivity index (χ2v) is 5.97. The molecule has 6 heteroatoms. The third kappa shape index (κ3) is 6.27. The number of anilines is 2. The van der Waals surface area contributed by atoms with E-state index >= 15 is 0 Å². The van der Waals surface area contributed by atoms with Crippen molar-refractivity contribution in [3.63, 3.8) is 0 Å². The van der Waals surface area contributed by atoms with Gasteiger partial charge in [-0.1, -0.05) is 0 Å². The molecule has 0 saturated heterocycles. The van der Waals surface area contributed by atoms with Gasteiger partial charge in [0, 0.05) is 23.9 Å². The highest BCUT2D eigenvalue weighted by molar-refractivity contribution is 5.92. The summed E-state index contributed by atoms with van der Waals surface area (Å²) in [7, 11) is 3.61. The molecule has 0 spiro atoms. The van der Waals surface area contributed by atoms with Crippen molar-refractivity contribution < 1.29 is 19.2 Å². The lowest BCUT2D eigenvalue weighted by atomic mass is 10.2. The molecule has 0 aromatic heterocycles. The number of likely N-dealkylation sites (N-methyl/N-ethyl adjacent to an activating group) is 1. The highest BCUT2D eigenvalue weighted by Crippen LogP contribution is 2.13. The molecule has 0 aliphatic rings. The summed E-state index contributed by atoms with van der Waals surface area (Å²) in [6.07, 6.45) is 0. The van der Waals surface area contributed by atoms with Crippen LogP contribution in [0.2, 0.25) is 0 Å². The number of quaternary nitrogens is 1. The Kier molecular flexibility index (Phi) is 6.54. The van der Waals surface area contributed by atoms with Gasteiger partial charge in [-0.2, -0.15) is 0 Å². The molecule has 0 aliphatic carbocycles. The highest BCUT2D eigenvalue weighted by atomic mass is 16.5. The van der Waals surface area contributed by atoms with E-state index in [1.54, 1.807) is 31.4 Å². The van der Waals surface area contributed by atoms with Crippen molar-refractivity contribution in [3.05, 3.63) is 54.1 Å². The van der Waals surface area contributed by atoms with Crippen LogP contribution in [0.25, 0.3) is 0 Å². The summed E-state index contributed by atoms with van der Waals surface area (Å²) >= 11 is 0. The number of methoxy groups -OCH3 is 1. The Morgan fingerprint density at radius 3 is 2.04 bits per heavy atom. The van der Waals surface area contributed by atoms with Crippen molar-refractivity contribution in [2.45, 2.75) is 13.5 Å². The van der Waals surface area contributed by atoms with Gasteiger partial charge in [0.05, 0.1) is 14.2 Å². The van der Waals surface area contributed by atoms with Gasteiger partial charge >= 0.3 is 0 Å². The fourth-order valence-electron chi connectivity index (χ4n) is 2.47. The molecule has 2 amide bonds. The van der Waals surface area contributed by atoms with Crippen molar-refractivity contribution in [1.29, 1.82) is 0 Å². The van der Waals surface area contributed by atoms with Crippen LogP contribution in [0, 0.1) is 0 Å². The number of hydrogen-bond acceptors (Lipinski definition) is 3. The molecule has 2 aromatic rings. The molecule has 0 bridgehead atoms. The fourth-order valence-corrected chi connectivity index (χ4v) is 2.47. The zero-order valence-electron chi connectivity index (χ0n) is 14.8. The minimum Gasteiger partial charge on any atom is -0.497 e. The van der Waals surface area contributed by atoms with Crippen LogP contribution in [-0.4, -0.2) is 32.5 Å². The maximum Gasteiger partial charge on any atom is 0.279 e. The predicted molar refractivity (Wildman–Crippen MR) is 97.8 cm³/mol. The monoisotopic (exact) mass is 342 g/mol. The molecule has 2 rings (SSSR count). The summed E-state index contributed by atoms with van der Waals surface area (Å²) in [6, 6.07) is 14.9. The number of rotatable bonds is 7. The van der Waals surface area contributed by atoms with Crippen LogP contribution >= 0.6 is 0 Å². The van der Waals surface area contributed by atoms with E-state index in [1.807, 2.05) is 31.3 Å². The molecular formula is C19H24N3O3+. The van der Waals surface area contributed by atoms with E-state index in [0.717, 1.165) is 22.8 Å². The lowest BCUT2D eigenvalue weighted by molar-refractivity contribution is -0.885. The van der Waals surface area contributed by atoms with Gasteiger partial charge in [-0.05, 0) is 48.5 Å². The Labute approximate surface area is 147 Å². The Bertz CT molecular complexity index is 712. The fraction of sp³-hybridized carbons (Fsp3) is 0.263. The molecule has 3 N–H and O–H groups in total. The van der Waals surface area contributed by atoms with Gasteiger partial charge in [0.15, 0.2) is 6.54 Å². The van der Waals surface area contributed by atoms with E-state index in [-0.39, 0.29) is 11.8 Å². The van der Waals surface area contributed by atoms with Gasteiger partial charge in [-0.25, -0.2) is 0 Å². The lowest BCUT2D eigenvalue weighted by Gasteiger charge is -2.14. The number of benzene rings is 2. The normalized spacial score (nSPS) is 11.5. The quantitative estimate of drug-likeness (QED) is 0.710. The third-order valence-corrected chi connectivity index (χ3v) is 3.62. The molecule has 1 unspecified atom stereocenters. The SMILES string of the molecule is COc1ccc(C[NH+](C)CC(=O)Nc2ccc(NC(C)=O)cc2)cc1. The van der Waals surface area contributed by atoms with E-state index in [0.29, 0.717) is 17.9 Å². The molecule has 6 nitrogen and oxygen atoms in total. The summed E-state index contributed by atoms with van der Waals surface area (Å²) in [6.45, 7) is 2.56. The van der Waals surface area contributed by atoms with Crippen molar-refractivity contribution >= 4 is 23.2 Å². The topological polar surface area (TPSA) is 71.9 Å². The van der Waals surface area contributed by atoms with E-state index in [4.69, 9.17) is 4.74 Å². The average molecular weight is 342 g/mol. The van der Waals surface area contributed by atoms with E-state index in [9.17, 15) is 9.59 Å². The molecule has 25 heavy (non-hydrogen) atoms. The molecule has 132 valence electrons. The molecule has 0 saturated carbocycles. The molecule has 0 radical (unpaired) electrons. The zero-order valence-corrected chi connectivity index (χ0v) is 14.8. The first-order chi connectivity index (χ1) is 12.0. The zero-order chi connectivity index (χ0) is 18.2. The maximum absolute atomic E-state index is 12.2. The van der Waals surface area contributed by atoms with Crippen molar-refractivity contribution in [3.8, 4) is 5.75 Å². The number of carbonyl (C=O) groups excluding carboxylic acids is 2. The average Bonchev–Trinajstić information content (AvgIpc) is 2.56. The second kappa shape index (κ2) is 8.84. The van der Waals surface area contributed by atoms with Gasteiger partial charge < -0.3 is 20.3 Å². The van der Waals surface area contributed by atoms with Gasteiger partial charge in [0.1, 0.15) is 12.3 Å². The van der Waals surface area contributed by atoms with Crippen molar-refractivity contribution in [1.82, 2.24) is 0 Å².